The van der Waals surface area contributed by atoms with E-state index in [1.165, 1.54) is 46.0 Å². The Labute approximate surface area is 309 Å². The molecule has 9 aromatic rings. The lowest BCUT2D eigenvalue weighted by molar-refractivity contribution is -0.302. The Kier molecular flexibility index (Phi) is 5.56. The molecule has 0 aliphatic heterocycles. The fraction of sp³-hybridized carbons (Fsp3) is 0.0833. The highest BCUT2D eigenvalue weighted by molar-refractivity contribution is 6.17. The van der Waals surface area contributed by atoms with Crippen LogP contribution in [0.1, 0.15) is 33.4 Å². The van der Waals surface area contributed by atoms with E-state index in [0.717, 1.165) is 44.6 Å². The van der Waals surface area contributed by atoms with Crippen molar-refractivity contribution in [2.75, 3.05) is 0 Å². The predicted octanol–water partition coefficient (Wildman–Crippen LogP) is 13.3. The Balaban J connectivity index is 1.20. The Hall–Kier alpha value is -6.34. The third-order valence-electron chi connectivity index (χ3n) is 12.5. The lowest BCUT2D eigenvalue weighted by Gasteiger charge is -2.30. The molecule has 3 aliphatic carbocycles. The van der Waals surface area contributed by atoms with Crippen LogP contribution in [0.5, 0.6) is 0 Å². The number of rotatable bonds is 1. The van der Waals surface area contributed by atoms with Crippen LogP contribution in [0.15, 0.2) is 152 Å². The molecular formula is C48H25F6N. The Morgan fingerprint density at radius 3 is 1.69 bits per heavy atom. The number of nitrogens with zero attached hydrogens (tertiary/aromatic N) is 1. The van der Waals surface area contributed by atoms with Gasteiger partial charge < -0.3 is 4.57 Å². The molecule has 1 nitrogen and oxygen atoms in total. The lowest BCUT2D eigenvalue weighted by Crippen LogP contribution is -2.43. The molecule has 0 fully saturated rings. The minimum absolute atomic E-state index is 0.195. The molecule has 1 spiro atoms. The minimum Gasteiger partial charge on any atom is -0.309 e. The van der Waals surface area contributed by atoms with Crippen LogP contribution in [0.4, 0.5) is 26.3 Å². The van der Waals surface area contributed by atoms with E-state index < -0.39 is 34.3 Å². The SMILES string of the molecule is FC1(F)c2ccc3c(ccc4ccc(-n5c6ccccc6c6ccc7c(c65)-c5ccccc5C75c6ccccc6-c6ccccc65)cc43)c2C(F)(F)C1(F)F. The molecule has 3 aliphatic rings. The van der Waals surface area contributed by atoms with Gasteiger partial charge in [-0.1, -0.05) is 133 Å². The molecule has 264 valence electrons. The highest BCUT2D eigenvalue weighted by Crippen LogP contribution is 2.66. The van der Waals surface area contributed by atoms with Crippen LogP contribution < -0.4 is 0 Å². The maximum Gasteiger partial charge on any atom is 0.380 e. The summed E-state index contributed by atoms with van der Waals surface area (Å²) in [5, 5.41) is 3.07. The number of fused-ring (bicyclic) bond motifs is 19. The molecular weight excluding hydrogens is 705 g/mol. The van der Waals surface area contributed by atoms with E-state index in [1.807, 2.05) is 36.4 Å². The largest absolute Gasteiger partial charge is 0.380 e. The number of aromatic nitrogens is 1. The van der Waals surface area contributed by atoms with E-state index in [0.29, 0.717) is 16.5 Å². The predicted molar refractivity (Wildman–Crippen MR) is 205 cm³/mol. The highest BCUT2D eigenvalue weighted by atomic mass is 19.3. The summed E-state index contributed by atoms with van der Waals surface area (Å²) in [6, 6.07) is 48.7. The van der Waals surface area contributed by atoms with Crippen molar-refractivity contribution in [2.24, 2.45) is 0 Å². The summed E-state index contributed by atoms with van der Waals surface area (Å²) in [6.45, 7) is 0. The van der Waals surface area contributed by atoms with Crippen molar-refractivity contribution in [1.29, 1.82) is 0 Å². The molecule has 0 amide bonds. The molecule has 0 unspecified atom stereocenters. The van der Waals surface area contributed by atoms with E-state index in [9.17, 15) is 17.6 Å². The summed E-state index contributed by atoms with van der Waals surface area (Å²) in [5.41, 5.74) is 8.67. The van der Waals surface area contributed by atoms with Gasteiger partial charge in [-0.2, -0.15) is 26.3 Å². The van der Waals surface area contributed by atoms with Crippen LogP contribution in [-0.4, -0.2) is 10.5 Å². The summed E-state index contributed by atoms with van der Waals surface area (Å²) in [7, 11) is 0. The van der Waals surface area contributed by atoms with Crippen LogP contribution in [0, 0.1) is 0 Å². The second-order valence-electron chi connectivity index (χ2n) is 14.9. The van der Waals surface area contributed by atoms with Crippen molar-refractivity contribution in [3.8, 4) is 27.9 Å². The Morgan fingerprint density at radius 2 is 0.964 bits per heavy atom. The van der Waals surface area contributed by atoms with Gasteiger partial charge in [-0.25, -0.2) is 0 Å². The van der Waals surface area contributed by atoms with E-state index in [-0.39, 0.29) is 10.8 Å². The number of benzene rings is 8. The van der Waals surface area contributed by atoms with Gasteiger partial charge in [-0.3, -0.25) is 0 Å². The first-order valence-electron chi connectivity index (χ1n) is 18.1. The smallest absolute Gasteiger partial charge is 0.309 e. The van der Waals surface area contributed by atoms with Crippen molar-refractivity contribution in [3.63, 3.8) is 0 Å². The monoisotopic (exact) mass is 729 g/mol. The van der Waals surface area contributed by atoms with Crippen LogP contribution in [0.3, 0.4) is 0 Å². The molecule has 0 bridgehead atoms. The zero-order valence-electron chi connectivity index (χ0n) is 28.6. The second kappa shape index (κ2) is 9.85. The standard InChI is InChI=1S/C48H25F6N/c49-46(50)40-24-21-28-32(43(40)47(51,52)48(46,53)54)20-18-26-17-19-27(25-35(26)28)55-41-16-8-4-11-31(41)33-22-23-39-42(44(33)55)34-12-3-7-15-38(34)45(39)36-13-5-1-9-29(36)30-10-2-6-14-37(30)45/h1-25H. The maximum absolute atomic E-state index is 15.3. The summed E-state index contributed by atoms with van der Waals surface area (Å²) < 4.78 is 91.9. The van der Waals surface area contributed by atoms with Gasteiger partial charge in [-0.15, -0.1) is 0 Å². The van der Waals surface area contributed by atoms with E-state index in [2.05, 4.69) is 95.6 Å². The van der Waals surface area contributed by atoms with Crippen LogP contribution >= 0.6 is 0 Å². The zero-order valence-corrected chi connectivity index (χ0v) is 28.6. The molecule has 55 heavy (non-hydrogen) atoms. The fourth-order valence-electron chi connectivity index (χ4n) is 10.3. The summed E-state index contributed by atoms with van der Waals surface area (Å²) >= 11 is 0. The number of halogens is 6. The average molecular weight is 730 g/mol. The molecule has 0 saturated carbocycles. The summed E-state index contributed by atoms with van der Waals surface area (Å²) in [6.07, 6.45) is 0. The normalized spacial score (nSPS) is 17.5. The van der Waals surface area contributed by atoms with Crippen LogP contribution in [0.2, 0.25) is 0 Å². The van der Waals surface area contributed by atoms with Gasteiger partial charge in [0.1, 0.15) is 0 Å². The number of para-hydroxylation sites is 1. The van der Waals surface area contributed by atoms with Crippen LogP contribution in [-0.2, 0) is 17.3 Å². The number of alkyl halides is 6. The number of hydrogen-bond acceptors (Lipinski definition) is 0. The minimum atomic E-state index is -5.56. The molecule has 12 rings (SSSR count). The molecule has 0 saturated heterocycles. The summed E-state index contributed by atoms with van der Waals surface area (Å²) in [5.74, 6) is -15.6. The average Bonchev–Trinajstić information content (AvgIpc) is 3.84. The molecule has 0 atom stereocenters. The van der Waals surface area contributed by atoms with Crippen molar-refractivity contribution in [3.05, 3.63) is 185 Å². The molecule has 8 aromatic carbocycles. The topological polar surface area (TPSA) is 4.93 Å². The van der Waals surface area contributed by atoms with Gasteiger partial charge in [0.25, 0.3) is 0 Å². The molecule has 1 heterocycles. The quantitative estimate of drug-likeness (QED) is 0.117. The van der Waals surface area contributed by atoms with Crippen molar-refractivity contribution in [1.82, 2.24) is 4.57 Å². The van der Waals surface area contributed by atoms with E-state index in [1.54, 1.807) is 0 Å². The molecule has 0 N–H and O–H groups in total. The van der Waals surface area contributed by atoms with Crippen molar-refractivity contribution >= 4 is 43.4 Å². The lowest BCUT2D eigenvalue weighted by atomic mass is 9.70. The Morgan fingerprint density at radius 1 is 0.400 bits per heavy atom. The molecule has 1 aromatic heterocycles. The molecule has 7 heteroatoms. The van der Waals surface area contributed by atoms with Gasteiger partial charge in [0, 0.05) is 33.2 Å². The zero-order chi connectivity index (χ0) is 37.2. The first-order valence-corrected chi connectivity index (χ1v) is 18.1. The van der Waals surface area contributed by atoms with E-state index >= 15 is 8.78 Å². The van der Waals surface area contributed by atoms with Crippen molar-refractivity contribution in [2.45, 2.75) is 23.2 Å². The Bertz CT molecular complexity index is 3160. The van der Waals surface area contributed by atoms with Crippen molar-refractivity contribution < 1.29 is 26.3 Å². The third-order valence-corrected chi connectivity index (χ3v) is 12.5. The highest BCUT2D eigenvalue weighted by Gasteiger charge is 2.79. The first-order chi connectivity index (χ1) is 26.6. The maximum atomic E-state index is 15.3. The first kappa shape index (κ1) is 31.1. The van der Waals surface area contributed by atoms with Gasteiger partial charge in [0.05, 0.1) is 16.4 Å². The molecule has 0 radical (unpaired) electrons. The van der Waals surface area contributed by atoms with Gasteiger partial charge in [0.2, 0.25) is 0 Å². The van der Waals surface area contributed by atoms with Gasteiger partial charge in [0.15, 0.2) is 0 Å². The fourth-order valence-corrected chi connectivity index (χ4v) is 10.3. The van der Waals surface area contributed by atoms with E-state index in [4.69, 9.17) is 0 Å². The van der Waals surface area contributed by atoms with Gasteiger partial charge in [-0.05, 0) is 78.7 Å². The number of hydrogen-bond donors (Lipinski definition) is 0. The van der Waals surface area contributed by atoms with Gasteiger partial charge >= 0.3 is 17.8 Å². The van der Waals surface area contributed by atoms with Crippen LogP contribution in [0.25, 0.3) is 71.3 Å². The second-order valence-corrected chi connectivity index (χ2v) is 14.9. The summed E-state index contributed by atoms with van der Waals surface area (Å²) in [4.78, 5) is 0. The third kappa shape index (κ3) is 3.37.